The van der Waals surface area contributed by atoms with E-state index in [9.17, 15) is 4.79 Å². The molecule has 21 heavy (non-hydrogen) atoms. The van der Waals surface area contributed by atoms with E-state index in [-0.39, 0.29) is 11.8 Å². The van der Waals surface area contributed by atoms with Crippen LogP contribution in [0.15, 0.2) is 18.7 Å². The molecule has 3 rings (SSSR count). The SMILES string of the molecule is CCc1cnc(NC(=O)C2CCCc3c2ncn3C)nc1. The molecule has 0 saturated carbocycles. The van der Waals surface area contributed by atoms with Gasteiger partial charge in [-0.05, 0) is 31.2 Å². The number of rotatable bonds is 3. The van der Waals surface area contributed by atoms with Gasteiger partial charge in [-0.1, -0.05) is 6.92 Å². The van der Waals surface area contributed by atoms with Gasteiger partial charge in [-0.3, -0.25) is 10.1 Å². The highest BCUT2D eigenvalue weighted by Crippen LogP contribution is 2.30. The highest BCUT2D eigenvalue weighted by Gasteiger charge is 2.30. The highest BCUT2D eigenvalue weighted by molar-refractivity contribution is 5.94. The summed E-state index contributed by atoms with van der Waals surface area (Å²) in [6.07, 6.45) is 8.96. The Labute approximate surface area is 123 Å². The lowest BCUT2D eigenvalue weighted by atomic mass is 9.89. The van der Waals surface area contributed by atoms with E-state index in [1.165, 1.54) is 0 Å². The van der Waals surface area contributed by atoms with Crippen LogP contribution >= 0.6 is 0 Å². The van der Waals surface area contributed by atoms with Gasteiger partial charge in [-0.15, -0.1) is 0 Å². The molecule has 6 heteroatoms. The fraction of sp³-hybridized carbons (Fsp3) is 0.467. The van der Waals surface area contributed by atoms with Crippen molar-refractivity contribution in [3.8, 4) is 0 Å². The highest BCUT2D eigenvalue weighted by atomic mass is 16.2. The number of nitrogens with one attached hydrogen (secondary N) is 1. The molecule has 0 bridgehead atoms. The van der Waals surface area contributed by atoms with E-state index >= 15 is 0 Å². The number of imidazole rings is 1. The van der Waals surface area contributed by atoms with Crippen LogP contribution in [0.1, 0.15) is 42.6 Å². The van der Waals surface area contributed by atoms with E-state index in [2.05, 4.69) is 20.3 Å². The Morgan fingerprint density at radius 3 is 2.86 bits per heavy atom. The van der Waals surface area contributed by atoms with Crippen molar-refractivity contribution in [3.05, 3.63) is 35.7 Å². The third kappa shape index (κ3) is 2.66. The summed E-state index contributed by atoms with van der Waals surface area (Å²) in [7, 11) is 1.97. The lowest BCUT2D eigenvalue weighted by Gasteiger charge is -2.21. The molecule has 1 unspecified atom stereocenters. The first-order valence-corrected chi connectivity index (χ1v) is 7.31. The van der Waals surface area contributed by atoms with Crippen LogP contribution in [0, 0.1) is 0 Å². The topological polar surface area (TPSA) is 72.7 Å². The van der Waals surface area contributed by atoms with E-state index in [4.69, 9.17) is 0 Å². The quantitative estimate of drug-likeness (QED) is 0.933. The maximum Gasteiger partial charge on any atom is 0.235 e. The fourth-order valence-corrected chi connectivity index (χ4v) is 2.73. The Kier molecular flexibility index (Phi) is 3.68. The molecule has 0 spiro atoms. The second-order valence-electron chi connectivity index (χ2n) is 5.39. The molecule has 2 aromatic rings. The Morgan fingerprint density at radius 1 is 1.38 bits per heavy atom. The van der Waals surface area contributed by atoms with Crippen molar-refractivity contribution in [2.45, 2.75) is 38.5 Å². The zero-order chi connectivity index (χ0) is 14.8. The van der Waals surface area contributed by atoms with Gasteiger partial charge >= 0.3 is 0 Å². The van der Waals surface area contributed by atoms with Crippen LogP contribution in [0.5, 0.6) is 0 Å². The number of carbonyl (C=O) groups excluding carboxylic acids is 1. The minimum atomic E-state index is -0.204. The monoisotopic (exact) mass is 285 g/mol. The van der Waals surface area contributed by atoms with Gasteiger partial charge in [0.1, 0.15) is 0 Å². The smallest absolute Gasteiger partial charge is 0.235 e. The standard InChI is InChI=1S/C15H19N5O/c1-3-10-7-16-15(17-8-10)19-14(21)11-5-4-6-12-13(11)18-9-20(12)2/h7-9,11H,3-6H2,1-2H3,(H,16,17,19,21). The summed E-state index contributed by atoms with van der Waals surface area (Å²) in [6, 6.07) is 0. The minimum absolute atomic E-state index is 0.0705. The normalized spacial score (nSPS) is 17.3. The van der Waals surface area contributed by atoms with Gasteiger partial charge in [0.25, 0.3) is 0 Å². The molecule has 0 fully saturated rings. The van der Waals surface area contributed by atoms with Gasteiger partial charge in [0, 0.05) is 25.1 Å². The first kappa shape index (κ1) is 13.7. The number of hydrogen-bond donors (Lipinski definition) is 1. The maximum atomic E-state index is 12.5. The van der Waals surface area contributed by atoms with Crippen molar-refractivity contribution in [2.24, 2.45) is 7.05 Å². The van der Waals surface area contributed by atoms with E-state index in [0.29, 0.717) is 5.95 Å². The Balaban J connectivity index is 1.76. The van der Waals surface area contributed by atoms with Gasteiger partial charge in [0.2, 0.25) is 11.9 Å². The Bertz CT molecular complexity index is 647. The first-order chi connectivity index (χ1) is 10.2. The summed E-state index contributed by atoms with van der Waals surface area (Å²) in [6.45, 7) is 2.04. The predicted molar refractivity (Wildman–Crippen MR) is 78.9 cm³/mol. The largest absolute Gasteiger partial charge is 0.337 e. The van der Waals surface area contributed by atoms with Crippen molar-refractivity contribution >= 4 is 11.9 Å². The van der Waals surface area contributed by atoms with Crippen molar-refractivity contribution in [2.75, 3.05) is 5.32 Å². The van der Waals surface area contributed by atoms with E-state index in [1.54, 1.807) is 18.7 Å². The zero-order valence-electron chi connectivity index (χ0n) is 12.3. The van der Waals surface area contributed by atoms with Crippen LogP contribution in [-0.4, -0.2) is 25.4 Å². The Hall–Kier alpha value is -2.24. The van der Waals surface area contributed by atoms with Crippen molar-refractivity contribution in [1.29, 1.82) is 0 Å². The number of aryl methyl sites for hydroxylation is 2. The summed E-state index contributed by atoms with van der Waals surface area (Å²) in [4.78, 5) is 25.2. The number of hydrogen-bond acceptors (Lipinski definition) is 4. The zero-order valence-corrected chi connectivity index (χ0v) is 12.3. The molecule has 2 aromatic heterocycles. The lowest BCUT2D eigenvalue weighted by molar-refractivity contribution is -0.118. The number of fused-ring (bicyclic) bond motifs is 1. The third-order valence-corrected chi connectivity index (χ3v) is 3.99. The molecular formula is C15H19N5O. The number of amides is 1. The molecular weight excluding hydrogens is 266 g/mol. The van der Waals surface area contributed by atoms with Crippen LogP contribution in [0.3, 0.4) is 0 Å². The van der Waals surface area contributed by atoms with Crippen LogP contribution in [0.2, 0.25) is 0 Å². The molecule has 0 radical (unpaired) electrons. The average molecular weight is 285 g/mol. The number of aromatic nitrogens is 4. The summed E-state index contributed by atoms with van der Waals surface area (Å²) >= 11 is 0. The molecule has 1 atom stereocenters. The molecule has 1 N–H and O–H groups in total. The number of carbonyl (C=O) groups is 1. The van der Waals surface area contributed by atoms with E-state index in [1.807, 2.05) is 18.5 Å². The molecule has 0 aliphatic heterocycles. The molecule has 0 aromatic carbocycles. The van der Waals surface area contributed by atoms with Crippen LogP contribution < -0.4 is 5.32 Å². The molecule has 110 valence electrons. The van der Waals surface area contributed by atoms with Gasteiger partial charge < -0.3 is 4.57 Å². The molecule has 0 saturated heterocycles. The summed E-state index contributed by atoms with van der Waals surface area (Å²) in [5, 5.41) is 2.80. The van der Waals surface area contributed by atoms with Crippen molar-refractivity contribution in [1.82, 2.24) is 19.5 Å². The maximum absolute atomic E-state index is 12.5. The predicted octanol–water partition coefficient (Wildman–Crippen LogP) is 1.83. The molecule has 1 aliphatic carbocycles. The molecule has 1 amide bonds. The fourth-order valence-electron chi connectivity index (χ4n) is 2.73. The third-order valence-electron chi connectivity index (χ3n) is 3.99. The van der Waals surface area contributed by atoms with E-state index < -0.39 is 0 Å². The van der Waals surface area contributed by atoms with Gasteiger partial charge in [-0.2, -0.15) is 0 Å². The number of anilines is 1. The summed E-state index contributed by atoms with van der Waals surface area (Å²) in [5.74, 6) is 0.0866. The molecule has 1 aliphatic rings. The second kappa shape index (κ2) is 5.63. The van der Waals surface area contributed by atoms with Crippen LogP contribution in [0.4, 0.5) is 5.95 Å². The van der Waals surface area contributed by atoms with Gasteiger partial charge in [0.05, 0.1) is 17.9 Å². The molecule has 2 heterocycles. The van der Waals surface area contributed by atoms with Crippen molar-refractivity contribution < 1.29 is 4.79 Å². The van der Waals surface area contributed by atoms with E-state index in [0.717, 1.165) is 42.6 Å². The first-order valence-electron chi connectivity index (χ1n) is 7.31. The second-order valence-corrected chi connectivity index (χ2v) is 5.39. The van der Waals surface area contributed by atoms with Gasteiger partial charge in [0.15, 0.2) is 0 Å². The Morgan fingerprint density at radius 2 is 2.14 bits per heavy atom. The lowest BCUT2D eigenvalue weighted by Crippen LogP contribution is -2.26. The summed E-state index contributed by atoms with van der Waals surface area (Å²) in [5.41, 5.74) is 3.10. The number of nitrogens with zero attached hydrogens (tertiary/aromatic N) is 4. The van der Waals surface area contributed by atoms with Crippen molar-refractivity contribution in [3.63, 3.8) is 0 Å². The average Bonchev–Trinajstić information content (AvgIpc) is 2.89. The van der Waals surface area contributed by atoms with Crippen LogP contribution in [-0.2, 0) is 24.7 Å². The van der Waals surface area contributed by atoms with Gasteiger partial charge in [-0.25, -0.2) is 15.0 Å². The summed E-state index contributed by atoms with van der Waals surface area (Å²) < 4.78 is 2.00. The minimum Gasteiger partial charge on any atom is -0.337 e. The molecule has 6 nitrogen and oxygen atoms in total. The van der Waals surface area contributed by atoms with Crippen LogP contribution in [0.25, 0.3) is 0 Å².